The van der Waals surface area contributed by atoms with Gasteiger partial charge in [0.1, 0.15) is 0 Å². The van der Waals surface area contributed by atoms with Gasteiger partial charge >= 0.3 is 0 Å². The van der Waals surface area contributed by atoms with Crippen molar-refractivity contribution in [2.24, 2.45) is 5.73 Å². The van der Waals surface area contributed by atoms with Crippen molar-refractivity contribution in [3.05, 3.63) is 34.9 Å². The fourth-order valence-electron chi connectivity index (χ4n) is 2.11. The Hall–Kier alpha value is -0.820. The first-order chi connectivity index (χ1) is 6.31. The zero-order valence-corrected chi connectivity index (χ0v) is 8.22. The molecule has 1 heteroatoms. The molecule has 0 amide bonds. The third-order valence-corrected chi connectivity index (χ3v) is 2.98. The molecule has 1 aromatic rings. The van der Waals surface area contributed by atoms with Crippen LogP contribution in [0.3, 0.4) is 0 Å². The number of aryl methyl sites for hydroxylation is 2. The minimum Gasteiger partial charge on any atom is -0.324 e. The monoisotopic (exact) mass is 175 g/mol. The largest absolute Gasteiger partial charge is 0.324 e. The van der Waals surface area contributed by atoms with Crippen LogP contribution in [0.2, 0.25) is 0 Å². The summed E-state index contributed by atoms with van der Waals surface area (Å²) in [6, 6.07) is 7.07. The molecule has 2 N–H and O–H groups in total. The molecule has 1 aliphatic rings. The second-order valence-corrected chi connectivity index (χ2v) is 3.89. The number of nitrogens with two attached hydrogens (primary N) is 1. The van der Waals surface area contributed by atoms with Gasteiger partial charge in [0.25, 0.3) is 0 Å². The second kappa shape index (κ2) is 3.51. The molecule has 70 valence electrons. The highest BCUT2D eigenvalue weighted by atomic mass is 14.6. The lowest BCUT2D eigenvalue weighted by Crippen LogP contribution is -2.17. The molecular weight excluding hydrogens is 158 g/mol. The fourth-order valence-corrected chi connectivity index (χ4v) is 2.11. The summed E-state index contributed by atoms with van der Waals surface area (Å²) in [6.07, 6.45) is 4.73. The van der Waals surface area contributed by atoms with E-state index in [0.717, 1.165) is 12.8 Å². The van der Waals surface area contributed by atoms with Gasteiger partial charge in [-0.25, -0.2) is 0 Å². The molecule has 0 aliphatic heterocycles. The van der Waals surface area contributed by atoms with Crippen LogP contribution in [-0.2, 0) is 12.8 Å². The van der Waals surface area contributed by atoms with E-state index in [-0.39, 0.29) is 6.04 Å². The van der Waals surface area contributed by atoms with Crippen molar-refractivity contribution in [1.29, 1.82) is 0 Å². The van der Waals surface area contributed by atoms with Gasteiger partial charge in [0.05, 0.1) is 0 Å². The molecule has 0 heterocycles. The Bertz CT molecular complexity index is 304. The SMILES string of the molecule is CCc1ccc2c(c1)[C@H](N)CCC2. The highest BCUT2D eigenvalue weighted by Gasteiger charge is 2.16. The van der Waals surface area contributed by atoms with Crippen LogP contribution in [-0.4, -0.2) is 0 Å². The highest BCUT2D eigenvalue weighted by Crippen LogP contribution is 2.28. The summed E-state index contributed by atoms with van der Waals surface area (Å²) in [5.74, 6) is 0. The number of hydrogen-bond acceptors (Lipinski definition) is 1. The molecule has 0 aromatic heterocycles. The van der Waals surface area contributed by atoms with Crippen molar-refractivity contribution in [1.82, 2.24) is 0 Å². The lowest BCUT2D eigenvalue weighted by Gasteiger charge is -2.22. The Balaban J connectivity index is 2.41. The van der Waals surface area contributed by atoms with Crippen molar-refractivity contribution in [3.63, 3.8) is 0 Å². The molecule has 0 radical (unpaired) electrons. The average molecular weight is 175 g/mol. The molecule has 0 bridgehead atoms. The highest BCUT2D eigenvalue weighted by molar-refractivity contribution is 5.35. The predicted octanol–water partition coefficient (Wildman–Crippen LogP) is 2.59. The summed E-state index contributed by atoms with van der Waals surface area (Å²) in [6.45, 7) is 2.19. The van der Waals surface area contributed by atoms with E-state index in [1.807, 2.05) is 0 Å². The zero-order chi connectivity index (χ0) is 9.26. The maximum absolute atomic E-state index is 6.07. The van der Waals surface area contributed by atoms with Crippen LogP contribution in [0.5, 0.6) is 0 Å². The van der Waals surface area contributed by atoms with E-state index in [0.29, 0.717) is 0 Å². The molecule has 1 nitrogen and oxygen atoms in total. The van der Waals surface area contributed by atoms with Crippen molar-refractivity contribution in [3.8, 4) is 0 Å². The standard InChI is InChI=1S/C12H17N/c1-2-9-6-7-10-4-3-5-12(13)11(10)8-9/h6-8,12H,2-5,13H2,1H3/t12-/m1/s1. The molecule has 13 heavy (non-hydrogen) atoms. The lowest BCUT2D eigenvalue weighted by atomic mass is 9.87. The van der Waals surface area contributed by atoms with Gasteiger partial charge in [-0.3, -0.25) is 0 Å². The van der Waals surface area contributed by atoms with Gasteiger partial charge < -0.3 is 5.73 Å². The number of rotatable bonds is 1. The summed E-state index contributed by atoms with van der Waals surface area (Å²) in [4.78, 5) is 0. The number of benzene rings is 1. The Morgan fingerprint density at radius 2 is 2.31 bits per heavy atom. The van der Waals surface area contributed by atoms with Gasteiger partial charge in [0.15, 0.2) is 0 Å². The maximum Gasteiger partial charge on any atom is 0.0297 e. The minimum absolute atomic E-state index is 0.287. The summed E-state index contributed by atoms with van der Waals surface area (Å²) in [5, 5.41) is 0. The summed E-state index contributed by atoms with van der Waals surface area (Å²) >= 11 is 0. The van der Waals surface area contributed by atoms with Gasteiger partial charge in [-0.2, -0.15) is 0 Å². The summed E-state index contributed by atoms with van der Waals surface area (Å²) < 4.78 is 0. The van der Waals surface area contributed by atoms with Crippen LogP contribution in [0.15, 0.2) is 18.2 Å². The molecule has 0 fully saturated rings. The Morgan fingerprint density at radius 3 is 3.08 bits per heavy atom. The van der Waals surface area contributed by atoms with Crippen LogP contribution in [0.1, 0.15) is 42.5 Å². The molecule has 1 aromatic carbocycles. The average Bonchev–Trinajstić information content (AvgIpc) is 2.18. The summed E-state index contributed by atoms with van der Waals surface area (Å²) in [5.41, 5.74) is 10.3. The Labute approximate surface area is 80.0 Å². The fraction of sp³-hybridized carbons (Fsp3) is 0.500. The molecular formula is C12H17N. The van der Waals surface area contributed by atoms with E-state index in [1.165, 1.54) is 29.5 Å². The first-order valence-electron chi connectivity index (χ1n) is 5.18. The van der Waals surface area contributed by atoms with E-state index >= 15 is 0 Å². The smallest absolute Gasteiger partial charge is 0.0297 e. The van der Waals surface area contributed by atoms with Crippen LogP contribution in [0, 0.1) is 0 Å². The van der Waals surface area contributed by atoms with Crippen LogP contribution in [0.25, 0.3) is 0 Å². The van der Waals surface area contributed by atoms with E-state index in [2.05, 4.69) is 25.1 Å². The Morgan fingerprint density at radius 1 is 1.46 bits per heavy atom. The van der Waals surface area contributed by atoms with Crippen LogP contribution < -0.4 is 5.73 Å². The molecule has 2 rings (SSSR count). The van der Waals surface area contributed by atoms with E-state index < -0.39 is 0 Å². The van der Waals surface area contributed by atoms with Crippen molar-refractivity contribution < 1.29 is 0 Å². The number of fused-ring (bicyclic) bond motifs is 1. The third-order valence-electron chi connectivity index (χ3n) is 2.98. The molecule has 1 aliphatic carbocycles. The van der Waals surface area contributed by atoms with Crippen molar-refractivity contribution in [2.45, 2.75) is 38.6 Å². The molecule has 0 saturated carbocycles. The predicted molar refractivity (Wildman–Crippen MR) is 55.7 cm³/mol. The molecule has 1 atom stereocenters. The topological polar surface area (TPSA) is 26.0 Å². The molecule has 0 spiro atoms. The maximum atomic E-state index is 6.07. The van der Waals surface area contributed by atoms with E-state index in [9.17, 15) is 0 Å². The molecule has 0 saturated heterocycles. The van der Waals surface area contributed by atoms with E-state index in [4.69, 9.17) is 5.73 Å². The molecule has 0 unspecified atom stereocenters. The van der Waals surface area contributed by atoms with Crippen LogP contribution in [0.4, 0.5) is 0 Å². The van der Waals surface area contributed by atoms with E-state index in [1.54, 1.807) is 0 Å². The first kappa shape index (κ1) is 8.76. The first-order valence-corrected chi connectivity index (χ1v) is 5.18. The van der Waals surface area contributed by atoms with Gasteiger partial charge in [-0.15, -0.1) is 0 Å². The summed E-state index contributed by atoms with van der Waals surface area (Å²) in [7, 11) is 0. The number of hydrogen-bond donors (Lipinski definition) is 1. The van der Waals surface area contributed by atoms with Crippen molar-refractivity contribution >= 4 is 0 Å². The quantitative estimate of drug-likeness (QED) is 0.697. The minimum atomic E-state index is 0.287. The van der Waals surface area contributed by atoms with Crippen LogP contribution >= 0.6 is 0 Å². The lowest BCUT2D eigenvalue weighted by molar-refractivity contribution is 0.569. The Kier molecular flexibility index (Phi) is 2.36. The van der Waals surface area contributed by atoms with Gasteiger partial charge in [-0.1, -0.05) is 25.1 Å². The zero-order valence-electron chi connectivity index (χ0n) is 8.22. The van der Waals surface area contributed by atoms with Crippen molar-refractivity contribution in [2.75, 3.05) is 0 Å². The third kappa shape index (κ3) is 1.61. The van der Waals surface area contributed by atoms with Gasteiger partial charge in [0, 0.05) is 6.04 Å². The second-order valence-electron chi connectivity index (χ2n) is 3.89. The van der Waals surface area contributed by atoms with Gasteiger partial charge in [0.2, 0.25) is 0 Å². The normalized spacial score (nSPS) is 21.2. The van der Waals surface area contributed by atoms with Gasteiger partial charge in [-0.05, 0) is 42.4 Å².